The molecule has 0 aromatic heterocycles. The lowest BCUT2D eigenvalue weighted by Gasteiger charge is -2.18. The van der Waals surface area contributed by atoms with Gasteiger partial charge < -0.3 is 10.6 Å². The largest absolute Gasteiger partial charge is 0.397 e. The molecular formula is C11H13FN2O3S. The van der Waals surface area contributed by atoms with Crippen molar-refractivity contribution in [2.45, 2.75) is 6.42 Å². The second-order valence-corrected chi connectivity index (χ2v) is 5.75. The van der Waals surface area contributed by atoms with E-state index in [1.807, 2.05) is 0 Å². The molecule has 1 aliphatic rings. The molecule has 1 unspecified atom stereocenters. The molecule has 98 valence electrons. The minimum atomic E-state index is -4.56. The van der Waals surface area contributed by atoms with Crippen LogP contribution in [0, 0.1) is 5.92 Å². The van der Waals surface area contributed by atoms with Crippen molar-refractivity contribution in [1.82, 2.24) is 0 Å². The quantitative estimate of drug-likeness (QED) is 0.655. The first-order valence-electron chi connectivity index (χ1n) is 5.44. The fraction of sp³-hybridized carbons (Fsp3) is 0.364. The topological polar surface area (TPSA) is 80.5 Å². The molecule has 2 rings (SSSR count). The van der Waals surface area contributed by atoms with Crippen molar-refractivity contribution in [2.24, 2.45) is 5.92 Å². The van der Waals surface area contributed by atoms with Crippen LogP contribution in [-0.2, 0) is 15.0 Å². The molecule has 1 aromatic carbocycles. The molecular weight excluding hydrogens is 259 g/mol. The number of carbonyl (C=O) groups is 1. The van der Waals surface area contributed by atoms with Crippen LogP contribution in [0.4, 0.5) is 15.3 Å². The van der Waals surface area contributed by atoms with Crippen LogP contribution in [0.1, 0.15) is 6.42 Å². The summed E-state index contributed by atoms with van der Waals surface area (Å²) in [4.78, 5) is 13.2. The third-order valence-electron chi connectivity index (χ3n) is 2.87. The van der Waals surface area contributed by atoms with Gasteiger partial charge in [0.2, 0.25) is 5.91 Å². The van der Waals surface area contributed by atoms with Crippen molar-refractivity contribution in [3.63, 3.8) is 0 Å². The highest BCUT2D eigenvalue weighted by atomic mass is 32.3. The molecule has 7 heteroatoms. The minimum absolute atomic E-state index is 0.0253. The summed E-state index contributed by atoms with van der Waals surface area (Å²) in [7, 11) is -4.56. The molecule has 1 aliphatic heterocycles. The van der Waals surface area contributed by atoms with Crippen LogP contribution >= 0.6 is 0 Å². The molecule has 0 radical (unpaired) electrons. The number of benzene rings is 1. The number of nitrogens with two attached hydrogens (primary N) is 1. The van der Waals surface area contributed by atoms with Gasteiger partial charge in [-0.1, -0.05) is 12.1 Å². The second-order valence-electron chi connectivity index (χ2n) is 4.34. The molecule has 0 aliphatic carbocycles. The van der Waals surface area contributed by atoms with Gasteiger partial charge in [-0.3, -0.25) is 4.79 Å². The van der Waals surface area contributed by atoms with Gasteiger partial charge in [0.05, 0.1) is 17.1 Å². The molecule has 0 saturated carbocycles. The Morgan fingerprint density at radius 2 is 2.06 bits per heavy atom. The van der Waals surface area contributed by atoms with Gasteiger partial charge in [0, 0.05) is 18.9 Å². The molecule has 18 heavy (non-hydrogen) atoms. The van der Waals surface area contributed by atoms with Gasteiger partial charge >= 0.3 is 10.2 Å². The zero-order chi connectivity index (χ0) is 13.3. The van der Waals surface area contributed by atoms with Crippen LogP contribution in [0.5, 0.6) is 0 Å². The van der Waals surface area contributed by atoms with Crippen LogP contribution < -0.4 is 10.6 Å². The van der Waals surface area contributed by atoms with Crippen LogP contribution in [0.2, 0.25) is 0 Å². The van der Waals surface area contributed by atoms with Gasteiger partial charge in [-0.15, -0.1) is 3.89 Å². The average Bonchev–Trinajstić information content (AvgIpc) is 2.57. The van der Waals surface area contributed by atoms with E-state index in [1.54, 1.807) is 24.3 Å². The number of hydrogen-bond donors (Lipinski definition) is 1. The first kappa shape index (κ1) is 12.8. The van der Waals surface area contributed by atoms with E-state index in [0.717, 1.165) is 0 Å². The summed E-state index contributed by atoms with van der Waals surface area (Å²) in [6, 6.07) is 6.81. The average molecular weight is 272 g/mol. The van der Waals surface area contributed by atoms with Gasteiger partial charge in [-0.2, -0.15) is 8.42 Å². The summed E-state index contributed by atoms with van der Waals surface area (Å²) in [5.74, 6) is -1.38. The van der Waals surface area contributed by atoms with Gasteiger partial charge in [0.25, 0.3) is 0 Å². The fourth-order valence-corrected chi connectivity index (χ4v) is 2.93. The summed E-state index contributed by atoms with van der Waals surface area (Å²) >= 11 is 0. The van der Waals surface area contributed by atoms with E-state index in [4.69, 9.17) is 5.73 Å². The monoisotopic (exact) mass is 272 g/mol. The number of nitrogen functional groups attached to an aromatic ring is 1. The maximum Gasteiger partial charge on any atom is 0.302 e. The minimum Gasteiger partial charge on any atom is -0.397 e. The van der Waals surface area contributed by atoms with Gasteiger partial charge in [0.1, 0.15) is 0 Å². The van der Waals surface area contributed by atoms with Crippen molar-refractivity contribution in [1.29, 1.82) is 0 Å². The molecule has 2 N–H and O–H groups in total. The lowest BCUT2D eigenvalue weighted by Crippen LogP contribution is -2.26. The Kier molecular flexibility index (Phi) is 3.25. The summed E-state index contributed by atoms with van der Waals surface area (Å²) < 4.78 is 33.8. The number of halogens is 1. The Morgan fingerprint density at radius 3 is 2.67 bits per heavy atom. The second kappa shape index (κ2) is 4.56. The van der Waals surface area contributed by atoms with Crippen molar-refractivity contribution in [3.8, 4) is 0 Å². The molecule has 1 aromatic rings. The van der Waals surface area contributed by atoms with E-state index in [-0.39, 0.29) is 18.9 Å². The summed E-state index contributed by atoms with van der Waals surface area (Å²) in [5, 5.41) is 0. The fourth-order valence-electron chi connectivity index (χ4n) is 2.14. The van der Waals surface area contributed by atoms with Crippen LogP contribution in [-0.4, -0.2) is 26.6 Å². The maximum absolute atomic E-state index is 12.6. The molecule has 0 spiro atoms. The normalized spacial score (nSPS) is 20.4. The number of amides is 1. The molecule has 1 saturated heterocycles. The summed E-state index contributed by atoms with van der Waals surface area (Å²) in [5.41, 5.74) is 6.73. The van der Waals surface area contributed by atoms with E-state index >= 15 is 0 Å². The number of para-hydroxylation sites is 2. The molecule has 1 fully saturated rings. The number of rotatable bonds is 3. The Morgan fingerprint density at radius 1 is 1.39 bits per heavy atom. The number of nitrogens with zero attached hydrogens (tertiary/aromatic N) is 1. The standard InChI is InChI=1S/C11H13FN2O3S/c12-18(16,17)7-8-5-11(15)14(6-8)10-4-2-1-3-9(10)13/h1-4,8H,5-7,13H2. The summed E-state index contributed by atoms with van der Waals surface area (Å²) in [6.45, 7) is 0.177. The molecule has 5 nitrogen and oxygen atoms in total. The van der Waals surface area contributed by atoms with Crippen LogP contribution in [0.3, 0.4) is 0 Å². The number of anilines is 2. The summed E-state index contributed by atoms with van der Waals surface area (Å²) in [6.07, 6.45) is 0.0253. The van der Waals surface area contributed by atoms with Crippen molar-refractivity contribution >= 4 is 27.5 Å². The Hall–Kier alpha value is -1.63. The maximum atomic E-state index is 12.6. The SMILES string of the molecule is Nc1ccccc1N1CC(CS(=O)(=O)F)CC1=O. The predicted octanol–water partition coefficient (Wildman–Crippen LogP) is 0.921. The first-order chi connectivity index (χ1) is 8.37. The molecule has 1 atom stereocenters. The first-order valence-corrected chi connectivity index (χ1v) is 6.99. The third kappa shape index (κ3) is 2.79. The predicted molar refractivity (Wildman–Crippen MR) is 66.2 cm³/mol. The Bertz CT molecular complexity index is 573. The van der Waals surface area contributed by atoms with Crippen molar-refractivity contribution < 1.29 is 17.1 Å². The lowest BCUT2D eigenvalue weighted by atomic mass is 10.1. The van der Waals surface area contributed by atoms with E-state index in [0.29, 0.717) is 11.4 Å². The van der Waals surface area contributed by atoms with E-state index in [2.05, 4.69) is 0 Å². The number of carbonyl (C=O) groups excluding carboxylic acids is 1. The zero-order valence-corrected chi connectivity index (χ0v) is 10.4. The number of hydrogen-bond acceptors (Lipinski definition) is 4. The highest BCUT2D eigenvalue weighted by molar-refractivity contribution is 7.86. The highest BCUT2D eigenvalue weighted by Gasteiger charge is 2.34. The van der Waals surface area contributed by atoms with Gasteiger partial charge in [0.15, 0.2) is 0 Å². The van der Waals surface area contributed by atoms with E-state index < -0.39 is 21.9 Å². The third-order valence-corrected chi connectivity index (χ3v) is 3.74. The van der Waals surface area contributed by atoms with Crippen molar-refractivity contribution in [2.75, 3.05) is 22.9 Å². The molecule has 1 heterocycles. The highest BCUT2D eigenvalue weighted by Crippen LogP contribution is 2.30. The Balaban J connectivity index is 2.18. The molecule has 1 amide bonds. The van der Waals surface area contributed by atoms with E-state index in [9.17, 15) is 17.1 Å². The molecule has 0 bridgehead atoms. The van der Waals surface area contributed by atoms with E-state index in [1.165, 1.54) is 4.90 Å². The smallest absolute Gasteiger partial charge is 0.302 e. The Labute approximate surface area is 105 Å². The van der Waals surface area contributed by atoms with Gasteiger partial charge in [-0.25, -0.2) is 0 Å². The van der Waals surface area contributed by atoms with Crippen molar-refractivity contribution in [3.05, 3.63) is 24.3 Å². The zero-order valence-electron chi connectivity index (χ0n) is 9.54. The van der Waals surface area contributed by atoms with Crippen LogP contribution in [0.15, 0.2) is 24.3 Å². The van der Waals surface area contributed by atoms with Crippen LogP contribution in [0.25, 0.3) is 0 Å². The lowest BCUT2D eigenvalue weighted by molar-refractivity contribution is -0.117. The van der Waals surface area contributed by atoms with Gasteiger partial charge in [-0.05, 0) is 12.1 Å².